The highest BCUT2D eigenvalue weighted by Gasteiger charge is 2.37. The van der Waals surface area contributed by atoms with Gasteiger partial charge in [0.1, 0.15) is 5.71 Å². The van der Waals surface area contributed by atoms with E-state index in [0.717, 1.165) is 11.1 Å². The van der Waals surface area contributed by atoms with E-state index in [1.165, 1.54) is 5.01 Å². The molecule has 0 bridgehead atoms. The molecule has 2 atom stereocenters. The van der Waals surface area contributed by atoms with Gasteiger partial charge in [-0.25, -0.2) is 13.4 Å². The summed E-state index contributed by atoms with van der Waals surface area (Å²) in [6, 6.07) is 19.3. The average molecular weight is 454 g/mol. The number of amides is 2. The third-order valence-electron chi connectivity index (χ3n) is 6.05. The number of hydrogen-bond acceptors (Lipinski definition) is 5. The van der Waals surface area contributed by atoms with E-state index < -0.39 is 15.9 Å². The summed E-state index contributed by atoms with van der Waals surface area (Å²) in [6.45, 7) is 1.96. The molecule has 168 valence electrons. The van der Waals surface area contributed by atoms with Gasteiger partial charge < -0.3 is 5.32 Å². The van der Waals surface area contributed by atoms with Crippen molar-refractivity contribution in [2.24, 2.45) is 5.10 Å². The van der Waals surface area contributed by atoms with Gasteiger partial charge in [-0.2, -0.15) is 5.10 Å². The Morgan fingerprint density at radius 2 is 1.62 bits per heavy atom. The van der Waals surface area contributed by atoms with Crippen molar-refractivity contribution in [3.63, 3.8) is 0 Å². The monoisotopic (exact) mass is 453 g/mol. The van der Waals surface area contributed by atoms with E-state index in [-0.39, 0.29) is 53.8 Å². The van der Waals surface area contributed by atoms with Crippen molar-refractivity contribution >= 4 is 27.4 Å². The Labute approximate surface area is 188 Å². The number of nitrogens with one attached hydrogen (secondary N) is 1. The summed E-state index contributed by atoms with van der Waals surface area (Å²) in [7, 11) is -3.16. The number of rotatable bonds is 6. The van der Waals surface area contributed by atoms with Gasteiger partial charge in [0.25, 0.3) is 5.91 Å². The standard InChI is InChI=1S/C24H27N3O4S/c1-17(23(18-8-4-2-5-9-18)19-10-6-3-7-11-19)25-24(29)21-12-13-22(28)27(26-21)20-14-15-32(30,31)16-20/h2-11,17,20,23H,12-16H2,1H3,(H,25,29). The minimum absolute atomic E-state index is 0.0470. The van der Waals surface area contributed by atoms with Gasteiger partial charge in [0.2, 0.25) is 5.91 Å². The summed E-state index contributed by atoms with van der Waals surface area (Å²) in [5.41, 5.74) is 2.44. The molecule has 1 saturated heterocycles. The van der Waals surface area contributed by atoms with E-state index in [1.54, 1.807) is 0 Å². The molecule has 0 saturated carbocycles. The summed E-state index contributed by atoms with van der Waals surface area (Å²) >= 11 is 0. The van der Waals surface area contributed by atoms with Crippen molar-refractivity contribution in [2.45, 2.75) is 44.2 Å². The maximum atomic E-state index is 13.1. The third kappa shape index (κ3) is 4.91. The van der Waals surface area contributed by atoms with Gasteiger partial charge in [-0.3, -0.25) is 9.59 Å². The van der Waals surface area contributed by atoms with Gasteiger partial charge in [0.05, 0.1) is 17.5 Å². The molecule has 2 heterocycles. The Kier molecular flexibility index (Phi) is 6.41. The molecule has 32 heavy (non-hydrogen) atoms. The average Bonchev–Trinajstić information content (AvgIpc) is 3.15. The first kappa shape index (κ1) is 22.2. The van der Waals surface area contributed by atoms with Crippen molar-refractivity contribution < 1.29 is 18.0 Å². The molecule has 1 N–H and O–H groups in total. The molecule has 4 rings (SSSR count). The highest BCUT2D eigenvalue weighted by atomic mass is 32.2. The maximum absolute atomic E-state index is 13.1. The van der Waals surface area contributed by atoms with E-state index in [1.807, 2.05) is 67.6 Å². The van der Waals surface area contributed by atoms with E-state index in [4.69, 9.17) is 0 Å². The Morgan fingerprint density at radius 3 is 2.16 bits per heavy atom. The van der Waals surface area contributed by atoms with E-state index in [9.17, 15) is 18.0 Å². The van der Waals surface area contributed by atoms with Crippen LogP contribution in [0.1, 0.15) is 43.2 Å². The van der Waals surface area contributed by atoms with Crippen molar-refractivity contribution in [3.05, 3.63) is 71.8 Å². The molecule has 0 aliphatic carbocycles. The van der Waals surface area contributed by atoms with Gasteiger partial charge in [-0.15, -0.1) is 0 Å². The lowest BCUT2D eigenvalue weighted by atomic mass is 9.85. The smallest absolute Gasteiger partial charge is 0.267 e. The number of carbonyl (C=O) groups is 2. The molecule has 2 aliphatic heterocycles. The lowest BCUT2D eigenvalue weighted by Crippen LogP contribution is -2.46. The van der Waals surface area contributed by atoms with Gasteiger partial charge >= 0.3 is 0 Å². The molecule has 2 aromatic carbocycles. The van der Waals surface area contributed by atoms with Crippen LogP contribution in [-0.2, 0) is 19.4 Å². The lowest BCUT2D eigenvalue weighted by Gasteiger charge is -2.29. The minimum Gasteiger partial charge on any atom is -0.348 e. The molecule has 0 spiro atoms. The summed E-state index contributed by atoms with van der Waals surface area (Å²) < 4.78 is 23.7. The Bertz CT molecular complexity index is 1080. The first-order valence-corrected chi connectivity index (χ1v) is 12.7. The van der Waals surface area contributed by atoms with Gasteiger partial charge in [-0.1, -0.05) is 60.7 Å². The maximum Gasteiger partial charge on any atom is 0.267 e. The molecule has 2 aromatic rings. The second-order valence-electron chi connectivity index (χ2n) is 8.40. The Morgan fingerprint density at radius 1 is 1.03 bits per heavy atom. The molecular formula is C24H27N3O4S. The predicted octanol–water partition coefficient (Wildman–Crippen LogP) is 2.49. The van der Waals surface area contributed by atoms with Gasteiger partial charge in [-0.05, 0) is 24.5 Å². The van der Waals surface area contributed by atoms with Crippen molar-refractivity contribution in [1.29, 1.82) is 0 Å². The van der Waals surface area contributed by atoms with Crippen LogP contribution in [-0.4, -0.2) is 54.5 Å². The second kappa shape index (κ2) is 9.24. The molecule has 0 radical (unpaired) electrons. The van der Waals surface area contributed by atoms with E-state index in [0.29, 0.717) is 6.42 Å². The number of hydrogen-bond donors (Lipinski definition) is 1. The fourth-order valence-corrected chi connectivity index (χ4v) is 6.14. The Balaban J connectivity index is 1.54. The van der Waals surface area contributed by atoms with Crippen LogP contribution in [0.15, 0.2) is 65.8 Å². The van der Waals surface area contributed by atoms with Gasteiger partial charge in [0.15, 0.2) is 9.84 Å². The van der Waals surface area contributed by atoms with E-state index in [2.05, 4.69) is 10.4 Å². The number of hydrazone groups is 1. The number of carbonyl (C=O) groups excluding carboxylic acids is 2. The van der Waals surface area contributed by atoms with Crippen molar-refractivity contribution in [1.82, 2.24) is 10.3 Å². The third-order valence-corrected chi connectivity index (χ3v) is 7.80. The molecule has 2 amide bonds. The van der Waals surface area contributed by atoms with E-state index >= 15 is 0 Å². The predicted molar refractivity (Wildman–Crippen MR) is 123 cm³/mol. The van der Waals surface area contributed by atoms with Crippen molar-refractivity contribution in [3.8, 4) is 0 Å². The van der Waals surface area contributed by atoms with Crippen LogP contribution in [0.3, 0.4) is 0 Å². The summed E-state index contributed by atoms with van der Waals surface area (Å²) in [6.07, 6.45) is 0.750. The summed E-state index contributed by atoms with van der Waals surface area (Å²) in [4.78, 5) is 25.4. The fraction of sp³-hybridized carbons (Fsp3) is 0.375. The van der Waals surface area contributed by atoms with Crippen LogP contribution in [0.25, 0.3) is 0 Å². The van der Waals surface area contributed by atoms with Gasteiger partial charge in [0, 0.05) is 24.8 Å². The first-order chi connectivity index (χ1) is 15.3. The topological polar surface area (TPSA) is 95.9 Å². The molecule has 0 aromatic heterocycles. The number of sulfone groups is 1. The SMILES string of the molecule is CC(NC(=O)C1=NN(C2CCS(=O)(=O)C2)C(=O)CC1)C(c1ccccc1)c1ccccc1. The quantitative estimate of drug-likeness (QED) is 0.727. The van der Waals surface area contributed by atoms with Crippen LogP contribution in [0.5, 0.6) is 0 Å². The molecule has 7 nitrogen and oxygen atoms in total. The van der Waals surface area contributed by atoms with Crippen LogP contribution in [0.2, 0.25) is 0 Å². The first-order valence-electron chi connectivity index (χ1n) is 10.8. The summed E-state index contributed by atoms with van der Waals surface area (Å²) in [5.74, 6) is -0.665. The zero-order valence-corrected chi connectivity index (χ0v) is 18.8. The molecule has 2 unspecified atom stereocenters. The molecule has 1 fully saturated rings. The zero-order chi connectivity index (χ0) is 22.7. The summed E-state index contributed by atoms with van der Waals surface area (Å²) in [5, 5.41) is 8.58. The molecular weight excluding hydrogens is 426 g/mol. The fourth-order valence-electron chi connectivity index (χ4n) is 4.45. The zero-order valence-electron chi connectivity index (χ0n) is 18.0. The Hall–Kier alpha value is -3.00. The largest absolute Gasteiger partial charge is 0.348 e. The molecule has 2 aliphatic rings. The highest BCUT2D eigenvalue weighted by Crippen LogP contribution is 2.28. The lowest BCUT2D eigenvalue weighted by molar-refractivity contribution is -0.133. The number of nitrogens with zero attached hydrogens (tertiary/aromatic N) is 2. The normalized spacial score (nSPS) is 21.3. The van der Waals surface area contributed by atoms with Crippen LogP contribution < -0.4 is 5.32 Å². The van der Waals surface area contributed by atoms with Crippen LogP contribution in [0.4, 0.5) is 0 Å². The highest BCUT2D eigenvalue weighted by molar-refractivity contribution is 7.91. The van der Waals surface area contributed by atoms with Crippen LogP contribution in [0, 0.1) is 0 Å². The number of benzene rings is 2. The second-order valence-corrected chi connectivity index (χ2v) is 10.6. The molecule has 8 heteroatoms. The minimum atomic E-state index is -3.16. The van der Waals surface area contributed by atoms with Crippen LogP contribution >= 0.6 is 0 Å². The van der Waals surface area contributed by atoms with Crippen molar-refractivity contribution in [2.75, 3.05) is 11.5 Å².